The summed E-state index contributed by atoms with van der Waals surface area (Å²) in [5, 5.41) is 10.2. The zero-order valence-electron chi connectivity index (χ0n) is 9.92. The van der Waals surface area contributed by atoms with Crippen molar-refractivity contribution in [2.24, 2.45) is 0 Å². The summed E-state index contributed by atoms with van der Waals surface area (Å²) in [6, 6.07) is 1.74. The van der Waals surface area contributed by atoms with Crippen LogP contribution in [0.25, 0.3) is 0 Å². The van der Waals surface area contributed by atoms with Gasteiger partial charge >= 0.3 is 0 Å². The summed E-state index contributed by atoms with van der Waals surface area (Å²) in [6.45, 7) is 2.21. The van der Waals surface area contributed by atoms with E-state index in [0.717, 1.165) is 18.4 Å². The van der Waals surface area contributed by atoms with Crippen molar-refractivity contribution < 1.29 is 9.52 Å². The minimum atomic E-state index is -0.475. The van der Waals surface area contributed by atoms with Crippen LogP contribution in [-0.2, 0) is 0 Å². The van der Waals surface area contributed by atoms with Gasteiger partial charge in [0.05, 0.1) is 12.4 Å². The third-order valence-corrected chi connectivity index (χ3v) is 3.14. The summed E-state index contributed by atoms with van der Waals surface area (Å²) < 4.78 is 4.95. The Morgan fingerprint density at radius 1 is 1.25 bits per heavy atom. The summed E-state index contributed by atoms with van der Waals surface area (Å²) in [5.74, 6) is 0. The molecule has 0 radical (unpaired) electrons. The van der Waals surface area contributed by atoms with Crippen molar-refractivity contribution in [1.82, 2.24) is 0 Å². The summed E-state index contributed by atoms with van der Waals surface area (Å²) in [5.41, 5.74) is 0.718. The smallest absolute Gasteiger partial charge is 0.198 e. The topological polar surface area (TPSA) is 33.4 Å². The molecule has 1 aromatic rings. The normalized spacial score (nSPS) is 12.9. The molecule has 92 valence electrons. The van der Waals surface area contributed by atoms with Crippen molar-refractivity contribution >= 4 is 11.6 Å². The lowest BCUT2D eigenvalue weighted by atomic mass is 10.0. The van der Waals surface area contributed by atoms with Gasteiger partial charge in [-0.25, -0.2) is 0 Å². The molecule has 1 rings (SSSR count). The van der Waals surface area contributed by atoms with E-state index < -0.39 is 6.10 Å². The number of halogens is 1. The van der Waals surface area contributed by atoms with E-state index in [1.165, 1.54) is 38.4 Å². The first-order chi connectivity index (χ1) is 7.75. The SMILES string of the molecule is CCCCCCCCC(O)c1ccoc1Cl. The Hall–Kier alpha value is -0.470. The molecule has 1 heterocycles. The van der Waals surface area contributed by atoms with Crippen LogP contribution in [-0.4, -0.2) is 5.11 Å². The van der Waals surface area contributed by atoms with Crippen LogP contribution in [0.4, 0.5) is 0 Å². The second-order valence-corrected chi connectivity index (χ2v) is 4.57. The maximum Gasteiger partial charge on any atom is 0.198 e. The molecule has 2 nitrogen and oxygen atoms in total. The van der Waals surface area contributed by atoms with Crippen LogP contribution in [0.15, 0.2) is 16.7 Å². The fraction of sp³-hybridized carbons (Fsp3) is 0.692. The maximum absolute atomic E-state index is 9.85. The van der Waals surface area contributed by atoms with Crippen LogP contribution in [0.2, 0.25) is 5.22 Å². The molecule has 0 saturated carbocycles. The second kappa shape index (κ2) is 7.75. The van der Waals surface area contributed by atoms with Gasteiger partial charge in [0.25, 0.3) is 0 Å². The maximum atomic E-state index is 9.85. The van der Waals surface area contributed by atoms with Crippen molar-refractivity contribution in [2.45, 2.75) is 58.0 Å². The second-order valence-electron chi connectivity index (χ2n) is 4.22. The molecule has 16 heavy (non-hydrogen) atoms. The van der Waals surface area contributed by atoms with Gasteiger partial charge in [0.1, 0.15) is 0 Å². The third-order valence-electron chi connectivity index (χ3n) is 2.84. The average Bonchev–Trinajstić information content (AvgIpc) is 2.69. The van der Waals surface area contributed by atoms with Gasteiger partial charge in [0.2, 0.25) is 0 Å². The molecule has 0 saturated heterocycles. The van der Waals surface area contributed by atoms with Crippen LogP contribution < -0.4 is 0 Å². The van der Waals surface area contributed by atoms with Gasteiger partial charge < -0.3 is 9.52 Å². The van der Waals surface area contributed by atoms with Crippen LogP contribution in [0.1, 0.15) is 63.5 Å². The number of aliphatic hydroxyl groups is 1. The number of furan rings is 1. The summed E-state index contributed by atoms with van der Waals surface area (Å²) in [7, 11) is 0. The summed E-state index contributed by atoms with van der Waals surface area (Å²) in [6.07, 6.45) is 9.20. The van der Waals surface area contributed by atoms with E-state index in [1.54, 1.807) is 6.07 Å². The zero-order valence-corrected chi connectivity index (χ0v) is 10.7. The first-order valence-corrected chi connectivity index (χ1v) is 6.54. The Morgan fingerprint density at radius 3 is 2.56 bits per heavy atom. The Balaban J connectivity index is 2.11. The molecular weight excluding hydrogens is 224 g/mol. The Morgan fingerprint density at radius 2 is 1.94 bits per heavy atom. The van der Waals surface area contributed by atoms with E-state index in [-0.39, 0.29) is 0 Å². The Bertz CT molecular complexity index is 283. The van der Waals surface area contributed by atoms with Gasteiger partial charge in [0.15, 0.2) is 5.22 Å². The third kappa shape index (κ3) is 4.58. The molecule has 0 aromatic carbocycles. The highest BCUT2D eigenvalue weighted by Crippen LogP contribution is 2.27. The Labute approximate surface area is 103 Å². The van der Waals surface area contributed by atoms with Crippen molar-refractivity contribution in [3.8, 4) is 0 Å². The van der Waals surface area contributed by atoms with E-state index in [2.05, 4.69) is 6.92 Å². The van der Waals surface area contributed by atoms with Crippen molar-refractivity contribution in [3.63, 3.8) is 0 Å². The molecule has 0 fully saturated rings. The van der Waals surface area contributed by atoms with Crippen LogP contribution in [0, 0.1) is 0 Å². The number of hydrogen-bond acceptors (Lipinski definition) is 2. The molecule has 0 spiro atoms. The fourth-order valence-electron chi connectivity index (χ4n) is 1.82. The van der Waals surface area contributed by atoms with Gasteiger partial charge in [-0.1, -0.05) is 45.4 Å². The molecule has 1 atom stereocenters. The van der Waals surface area contributed by atoms with E-state index in [1.807, 2.05) is 0 Å². The number of rotatable bonds is 8. The van der Waals surface area contributed by atoms with Gasteiger partial charge in [0, 0.05) is 5.56 Å². The fourth-order valence-corrected chi connectivity index (χ4v) is 2.06. The average molecular weight is 245 g/mol. The van der Waals surface area contributed by atoms with Gasteiger partial charge in [-0.3, -0.25) is 0 Å². The van der Waals surface area contributed by atoms with E-state index in [0.29, 0.717) is 5.22 Å². The van der Waals surface area contributed by atoms with Gasteiger partial charge in [-0.2, -0.15) is 0 Å². The molecule has 1 aromatic heterocycles. The van der Waals surface area contributed by atoms with E-state index >= 15 is 0 Å². The van der Waals surface area contributed by atoms with Crippen LogP contribution >= 0.6 is 11.6 Å². The van der Waals surface area contributed by atoms with E-state index in [4.69, 9.17) is 16.0 Å². The summed E-state index contributed by atoms with van der Waals surface area (Å²) in [4.78, 5) is 0. The lowest BCUT2D eigenvalue weighted by Crippen LogP contribution is -1.96. The van der Waals surface area contributed by atoms with Crippen molar-refractivity contribution in [3.05, 3.63) is 23.1 Å². The highest BCUT2D eigenvalue weighted by molar-refractivity contribution is 6.29. The number of hydrogen-bond donors (Lipinski definition) is 1. The molecule has 0 aliphatic rings. The van der Waals surface area contributed by atoms with E-state index in [9.17, 15) is 5.11 Å². The van der Waals surface area contributed by atoms with Crippen molar-refractivity contribution in [1.29, 1.82) is 0 Å². The standard InChI is InChI=1S/C13H21ClO2/c1-2-3-4-5-6-7-8-12(15)11-9-10-16-13(11)14/h9-10,12,15H,2-8H2,1H3. The first-order valence-electron chi connectivity index (χ1n) is 6.16. The highest BCUT2D eigenvalue weighted by Gasteiger charge is 2.13. The van der Waals surface area contributed by atoms with Gasteiger partial charge in [-0.15, -0.1) is 0 Å². The quantitative estimate of drug-likeness (QED) is 0.672. The lowest BCUT2D eigenvalue weighted by Gasteiger charge is -2.08. The molecule has 3 heteroatoms. The molecule has 0 bridgehead atoms. The lowest BCUT2D eigenvalue weighted by molar-refractivity contribution is 0.162. The zero-order chi connectivity index (χ0) is 11.8. The molecule has 1 unspecified atom stereocenters. The minimum Gasteiger partial charge on any atom is -0.453 e. The first kappa shape index (κ1) is 13.6. The van der Waals surface area contributed by atoms with Gasteiger partial charge in [-0.05, 0) is 24.1 Å². The highest BCUT2D eigenvalue weighted by atomic mass is 35.5. The minimum absolute atomic E-state index is 0.318. The Kier molecular flexibility index (Phi) is 6.58. The van der Waals surface area contributed by atoms with Crippen molar-refractivity contribution in [2.75, 3.05) is 0 Å². The van der Waals surface area contributed by atoms with Crippen LogP contribution in [0.3, 0.4) is 0 Å². The largest absolute Gasteiger partial charge is 0.453 e. The molecule has 0 aliphatic carbocycles. The number of aliphatic hydroxyl groups excluding tert-OH is 1. The summed E-state index contributed by atoms with van der Waals surface area (Å²) >= 11 is 5.79. The predicted octanol–water partition coefficient (Wildman–Crippen LogP) is 4.72. The molecular formula is C13H21ClO2. The molecule has 0 amide bonds. The van der Waals surface area contributed by atoms with Crippen LogP contribution in [0.5, 0.6) is 0 Å². The molecule has 1 N–H and O–H groups in total. The number of unbranched alkanes of at least 4 members (excludes halogenated alkanes) is 5. The molecule has 0 aliphatic heterocycles. The predicted molar refractivity (Wildman–Crippen MR) is 66.7 cm³/mol. The monoisotopic (exact) mass is 244 g/mol.